The highest BCUT2D eigenvalue weighted by atomic mass is 16.5. The third-order valence-electron chi connectivity index (χ3n) is 5.64. The topological polar surface area (TPSA) is 12.5 Å². The zero-order valence-electron chi connectivity index (χ0n) is 16.9. The van der Waals surface area contributed by atoms with Gasteiger partial charge >= 0.3 is 0 Å². The predicted octanol–water partition coefficient (Wildman–Crippen LogP) is 5.75. The predicted molar refractivity (Wildman–Crippen MR) is 114 cm³/mol. The molecule has 1 aliphatic rings. The molecule has 0 bridgehead atoms. The maximum absolute atomic E-state index is 6.11. The van der Waals surface area contributed by atoms with E-state index in [0.717, 1.165) is 25.2 Å². The Hall–Kier alpha value is -1.80. The summed E-state index contributed by atoms with van der Waals surface area (Å²) in [5, 5.41) is 0. The average Bonchev–Trinajstić information content (AvgIpc) is 2.73. The molecule has 1 atom stereocenters. The Morgan fingerprint density at radius 3 is 2.41 bits per heavy atom. The van der Waals surface area contributed by atoms with Crippen molar-refractivity contribution in [2.45, 2.75) is 51.9 Å². The molecule has 2 heteroatoms. The fourth-order valence-electron chi connectivity index (χ4n) is 3.98. The first kappa shape index (κ1) is 19.9. The second-order valence-corrected chi connectivity index (χ2v) is 7.96. The van der Waals surface area contributed by atoms with Crippen LogP contribution in [0.2, 0.25) is 0 Å². The van der Waals surface area contributed by atoms with Crippen LogP contribution in [-0.4, -0.2) is 31.1 Å². The number of piperidine rings is 1. The molecule has 0 radical (unpaired) electrons. The molecule has 0 aromatic heterocycles. The molecule has 0 spiro atoms. The first-order chi connectivity index (χ1) is 13.3. The number of benzene rings is 2. The second kappa shape index (κ2) is 11.1. The van der Waals surface area contributed by atoms with E-state index < -0.39 is 0 Å². The Bertz CT molecular complexity index is 637. The lowest BCUT2D eigenvalue weighted by molar-refractivity contribution is 0.128. The van der Waals surface area contributed by atoms with Gasteiger partial charge in [0.25, 0.3) is 0 Å². The van der Waals surface area contributed by atoms with Gasteiger partial charge in [0.2, 0.25) is 0 Å². The van der Waals surface area contributed by atoms with Gasteiger partial charge < -0.3 is 9.64 Å². The van der Waals surface area contributed by atoms with Crippen molar-refractivity contribution in [3.63, 3.8) is 0 Å². The van der Waals surface area contributed by atoms with Gasteiger partial charge in [0, 0.05) is 12.5 Å². The molecule has 0 saturated carbocycles. The van der Waals surface area contributed by atoms with E-state index in [9.17, 15) is 0 Å². The number of rotatable bonds is 10. The van der Waals surface area contributed by atoms with Crippen molar-refractivity contribution >= 4 is 0 Å². The van der Waals surface area contributed by atoms with Gasteiger partial charge in [0.15, 0.2) is 0 Å². The average molecular weight is 366 g/mol. The minimum Gasteiger partial charge on any atom is -0.493 e. The molecule has 0 aliphatic carbocycles. The maximum atomic E-state index is 6.11. The third kappa shape index (κ3) is 7.03. The van der Waals surface area contributed by atoms with E-state index in [4.69, 9.17) is 4.74 Å². The highest BCUT2D eigenvalue weighted by Gasteiger charge is 2.20. The monoisotopic (exact) mass is 365 g/mol. The maximum Gasteiger partial charge on any atom is 0.119 e. The summed E-state index contributed by atoms with van der Waals surface area (Å²) in [6, 6.07) is 19.4. The molecule has 3 rings (SSSR count). The Morgan fingerprint density at radius 1 is 0.926 bits per heavy atom. The molecule has 1 aliphatic heterocycles. The molecule has 27 heavy (non-hydrogen) atoms. The molecule has 2 aromatic carbocycles. The number of unbranched alkanes of at least 4 members (excludes halogenated alkanes) is 2. The molecule has 1 unspecified atom stereocenters. The van der Waals surface area contributed by atoms with Gasteiger partial charge in [-0.25, -0.2) is 0 Å². The van der Waals surface area contributed by atoms with E-state index in [1.165, 1.54) is 62.9 Å². The van der Waals surface area contributed by atoms with Crippen LogP contribution in [-0.2, 0) is 12.8 Å². The van der Waals surface area contributed by atoms with Crippen LogP contribution in [0.1, 0.15) is 50.2 Å². The van der Waals surface area contributed by atoms with Crippen LogP contribution < -0.4 is 4.74 Å². The fourth-order valence-corrected chi connectivity index (χ4v) is 3.98. The van der Waals surface area contributed by atoms with Crippen molar-refractivity contribution in [2.75, 3.05) is 26.2 Å². The summed E-state index contributed by atoms with van der Waals surface area (Å²) in [5.41, 5.74) is 2.78. The minimum atomic E-state index is 0.679. The van der Waals surface area contributed by atoms with Crippen LogP contribution in [0.25, 0.3) is 0 Å². The van der Waals surface area contributed by atoms with E-state index in [1.807, 2.05) is 0 Å². The number of hydrogen-bond acceptors (Lipinski definition) is 2. The molecular formula is C25H35NO. The standard InChI is InChI=1S/C25H35NO/c1-2-3-7-18-26-19-8-11-24(20-26)21-27-25-16-14-23(15-17-25)13-12-22-9-5-4-6-10-22/h4-6,9-10,14-17,24H,2-3,7-8,11-13,18-21H2,1H3. The van der Waals surface area contributed by atoms with Crippen LogP contribution in [0.5, 0.6) is 5.75 Å². The number of nitrogens with zero attached hydrogens (tertiary/aromatic N) is 1. The zero-order chi connectivity index (χ0) is 18.7. The molecule has 2 nitrogen and oxygen atoms in total. The van der Waals surface area contributed by atoms with Crippen molar-refractivity contribution in [1.29, 1.82) is 0 Å². The van der Waals surface area contributed by atoms with Gasteiger partial charge in [-0.1, -0.05) is 62.2 Å². The summed E-state index contributed by atoms with van der Waals surface area (Å²) < 4.78 is 6.11. The lowest BCUT2D eigenvalue weighted by Crippen LogP contribution is -2.38. The minimum absolute atomic E-state index is 0.679. The molecular weight excluding hydrogens is 330 g/mol. The molecule has 146 valence electrons. The van der Waals surface area contributed by atoms with Crippen molar-refractivity contribution in [3.05, 3.63) is 65.7 Å². The summed E-state index contributed by atoms with van der Waals surface area (Å²) in [6.07, 6.45) is 8.80. The van der Waals surface area contributed by atoms with Crippen LogP contribution in [0.3, 0.4) is 0 Å². The van der Waals surface area contributed by atoms with E-state index in [-0.39, 0.29) is 0 Å². The molecule has 2 aromatic rings. The number of aryl methyl sites for hydroxylation is 2. The Labute approximate surface area is 165 Å². The summed E-state index contributed by atoms with van der Waals surface area (Å²) in [7, 11) is 0. The smallest absolute Gasteiger partial charge is 0.119 e. The van der Waals surface area contributed by atoms with Gasteiger partial charge in [-0.15, -0.1) is 0 Å². The quantitative estimate of drug-likeness (QED) is 0.497. The van der Waals surface area contributed by atoms with Crippen LogP contribution in [0, 0.1) is 5.92 Å². The Morgan fingerprint density at radius 2 is 1.67 bits per heavy atom. The summed E-state index contributed by atoms with van der Waals surface area (Å²) in [4.78, 5) is 2.64. The van der Waals surface area contributed by atoms with Crippen LogP contribution in [0.15, 0.2) is 54.6 Å². The SMILES string of the molecule is CCCCCN1CCCC(COc2ccc(CCc3ccccc3)cc2)C1. The zero-order valence-corrected chi connectivity index (χ0v) is 16.9. The normalized spacial score (nSPS) is 17.7. The molecule has 1 saturated heterocycles. The van der Waals surface area contributed by atoms with Crippen molar-refractivity contribution in [3.8, 4) is 5.75 Å². The first-order valence-electron chi connectivity index (χ1n) is 10.8. The lowest BCUT2D eigenvalue weighted by Gasteiger charge is -2.32. The van der Waals surface area contributed by atoms with Gasteiger partial charge in [-0.05, 0) is 68.5 Å². The van der Waals surface area contributed by atoms with Gasteiger partial charge in [0.1, 0.15) is 5.75 Å². The number of ether oxygens (including phenoxy) is 1. The van der Waals surface area contributed by atoms with Crippen LogP contribution >= 0.6 is 0 Å². The van der Waals surface area contributed by atoms with Gasteiger partial charge in [-0.3, -0.25) is 0 Å². The van der Waals surface area contributed by atoms with E-state index in [1.54, 1.807) is 0 Å². The first-order valence-corrected chi connectivity index (χ1v) is 10.8. The van der Waals surface area contributed by atoms with E-state index in [0.29, 0.717) is 5.92 Å². The van der Waals surface area contributed by atoms with E-state index >= 15 is 0 Å². The largest absolute Gasteiger partial charge is 0.493 e. The number of likely N-dealkylation sites (tertiary alicyclic amines) is 1. The van der Waals surface area contributed by atoms with Crippen molar-refractivity contribution in [2.24, 2.45) is 5.92 Å². The summed E-state index contributed by atoms with van der Waals surface area (Å²) in [5.74, 6) is 1.69. The molecule has 0 N–H and O–H groups in total. The number of hydrogen-bond donors (Lipinski definition) is 0. The summed E-state index contributed by atoms with van der Waals surface area (Å²) in [6.45, 7) is 6.88. The summed E-state index contributed by atoms with van der Waals surface area (Å²) >= 11 is 0. The second-order valence-electron chi connectivity index (χ2n) is 7.96. The van der Waals surface area contributed by atoms with Crippen LogP contribution in [0.4, 0.5) is 0 Å². The third-order valence-corrected chi connectivity index (χ3v) is 5.64. The highest BCUT2D eigenvalue weighted by Crippen LogP contribution is 2.20. The van der Waals surface area contributed by atoms with Crippen molar-refractivity contribution in [1.82, 2.24) is 4.90 Å². The van der Waals surface area contributed by atoms with Gasteiger partial charge in [0.05, 0.1) is 6.61 Å². The van der Waals surface area contributed by atoms with Gasteiger partial charge in [-0.2, -0.15) is 0 Å². The lowest BCUT2D eigenvalue weighted by atomic mass is 9.98. The van der Waals surface area contributed by atoms with E-state index in [2.05, 4.69) is 66.4 Å². The molecule has 1 fully saturated rings. The highest BCUT2D eigenvalue weighted by molar-refractivity contribution is 5.28. The molecule has 1 heterocycles. The molecule has 0 amide bonds. The Kier molecular flexibility index (Phi) is 8.23. The fraction of sp³-hybridized carbons (Fsp3) is 0.520. The van der Waals surface area contributed by atoms with Crippen molar-refractivity contribution < 1.29 is 4.74 Å². The Balaban J connectivity index is 1.39.